The van der Waals surface area contributed by atoms with E-state index in [1.807, 2.05) is 34.9 Å². The summed E-state index contributed by atoms with van der Waals surface area (Å²) in [6.07, 6.45) is 4.05. The van der Waals surface area contributed by atoms with Crippen molar-refractivity contribution in [2.75, 3.05) is 26.2 Å². The summed E-state index contributed by atoms with van der Waals surface area (Å²) in [4.78, 5) is 34.2. The van der Waals surface area contributed by atoms with Crippen molar-refractivity contribution in [2.24, 2.45) is 5.41 Å². The standard InChI is InChI=1S/C20H27N3O3/c1-15-5-2-6-16(21-15)13-22-11-9-20(19(22)25)8-4-10-23(14-20)18(24)17-7-3-12-26-17/h2,5-6,17H,3-4,7-14H2,1H3/t17-,20-/m0/s1. The van der Waals surface area contributed by atoms with E-state index in [1.165, 1.54) is 0 Å². The fraction of sp³-hybridized carbons (Fsp3) is 0.650. The van der Waals surface area contributed by atoms with Crippen molar-refractivity contribution in [3.63, 3.8) is 0 Å². The number of carbonyl (C=O) groups excluding carboxylic acids is 2. The summed E-state index contributed by atoms with van der Waals surface area (Å²) in [5.41, 5.74) is 1.49. The molecule has 3 saturated heterocycles. The third-order valence-electron chi connectivity index (χ3n) is 5.99. The van der Waals surface area contributed by atoms with Gasteiger partial charge in [0.1, 0.15) is 6.10 Å². The number of aromatic nitrogens is 1. The van der Waals surface area contributed by atoms with E-state index in [9.17, 15) is 9.59 Å². The van der Waals surface area contributed by atoms with E-state index in [0.717, 1.165) is 56.6 Å². The first-order valence-corrected chi connectivity index (χ1v) is 9.70. The van der Waals surface area contributed by atoms with Gasteiger partial charge >= 0.3 is 0 Å². The van der Waals surface area contributed by atoms with Gasteiger partial charge in [-0.25, -0.2) is 0 Å². The Balaban J connectivity index is 1.44. The summed E-state index contributed by atoms with van der Waals surface area (Å²) in [5.74, 6) is 0.263. The molecule has 6 nitrogen and oxygen atoms in total. The molecule has 3 aliphatic rings. The minimum Gasteiger partial charge on any atom is -0.368 e. The lowest BCUT2D eigenvalue weighted by atomic mass is 9.78. The van der Waals surface area contributed by atoms with Crippen LogP contribution < -0.4 is 0 Å². The topological polar surface area (TPSA) is 62.7 Å². The van der Waals surface area contributed by atoms with Crippen LogP contribution in [0.25, 0.3) is 0 Å². The van der Waals surface area contributed by atoms with Crippen LogP contribution in [0.2, 0.25) is 0 Å². The molecule has 0 radical (unpaired) electrons. The van der Waals surface area contributed by atoms with Crippen LogP contribution >= 0.6 is 0 Å². The van der Waals surface area contributed by atoms with E-state index < -0.39 is 5.41 Å². The normalized spacial score (nSPS) is 29.0. The minimum atomic E-state index is -0.406. The monoisotopic (exact) mass is 357 g/mol. The van der Waals surface area contributed by atoms with Crippen LogP contribution in [0.15, 0.2) is 18.2 Å². The SMILES string of the molecule is Cc1cccc(CN2CC[C@]3(CCCN(C(=O)[C@@H]4CCCO4)C3)C2=O)n1. The summed E-state index contributed by atoms with van der Waals surface area (Å²) in [6, 6.07) is 5.92. The van der Waals surface area contributed by atoms with Gasteiger partial charge in [0.15, 0.2) is 0 Å². The number of ether oxygens (including phenoxy) is 1. The van der Waals surface area contributed by atoms with Crippen molar-refractivity contribution >= 4 is 11.8 Å². The summed E-state index contributed by atoms with van der Waals surface area (Å²) < 4.78 is 5.56. The lowest BCUT2D eigenvalue weighted by molar-refractivity contribution is -0.149. The highest BCUT2D eigenvalue weighted by atomic mass is 16.5. The highest BCUT2D eigenvalue weighted by Crippen LogP contribution is 2.41. The molecule has 0 saturated carbocycles. The van der Waals surface area contributed by atoms with Crippen LogP contribution in [-0.2, 0) is 20.9 Å². The molecule has 0 aliphatic carbocycles. The Hall–Kier alpha value is -1.95. The van der Waals surface area contributed by atoms with Gasteiger partial charge in [-0.3, -0.25) is 14.6 Å². The van der Waals surface area contributed by atoms with E-state index in [2.05, 4.69) is 4.98 Å². The molecule has 0 unspecified atom stereocenters. The van der Waals surface area contributed by atoms with Gasteiger partial charge in [-0.1, -0.05) is 6.07 Å². The van der Waals surface area contributed by atoms with E-state index in [-0.39, 0.29) is 17.9 Å². The number of hydrogen-bond donors (Lipinski definition) is 0. The van der Waals surface area contributed by atoms with E-state index in [0.29, 0.717) is 19.7 Å². The largest absolute Gasteiger partial charge is 0.368 e. The molecular formula is C20H27N3O3. The van der Waals surface area contributed by atoms with Crippen LogP contribution in [0.4, 0.5) is 0 Å². The van der Waals surface area contributed by atoms with Crippen LogP contribution in [0, 0.1) is 12.3 Å². The Kier molecular flexibility index (Phi) is 4.69. The maximum Gasteiger partial charge on any atom is 0.251 e. The number of carbonyl (C=O) groups is 2. The number of nitrogens with zero attached hydrogens (tertiary/aromatic N) is 3. The molecule has 26 heavy (non-hydrogen) atoms. The smallest absolute Gasteiger partial charge is 0.251 e. The molecule has 4 heterocycles. The highest BCUT2D eigenvalue weighted by Gasteiger charge is 2.50. The van der Waals surface area contributed by atoms with Crippen molar-refractivity contribution < 1.29 is 14.3 Å². The number of hydrogen-bond acceptors (Lipinski definition) is 4. The predicted octanol–water partition coefficient (Wildman–Crippen LogP) is 1.91. The number of likely N-dealkylation sites (tertiary alicyclic amines) is 2. The second-order valence-corrected chi connectivity index (χ2v) is 7.89. The molecule has 0 N–H and O–H groups in total. The minimum absolute atomic E-state index is 0.0770. The first-order valence-electron chi connectivity index (χ1n) is 9.70. The maximum atomic E-state index is 13.2. The van der Waals surface area contributed by atoms with Gasteiger partial charge < -0.3 is 14.5 Å². The van der Waals surface area contributed by atoms with Crippen molar-refractivity contribution in [3.05, 3.63) is 29.6 Å². The van der Waals surface area contributed by atoms with Gasteiger partial charge in [-0.2, -0.15) is 0 Å². The van der Waals surface area contributed by atoms with Crippen molar-refractivity contribution in [2.45, 2.75) is 51.7 Å². The first-order chi connectivity index (χ1) is 12.6. The van der Waals surface area contributed by atoms with Gasteiger partial charge in [0.25, 0.3) is 5.91 Å². The molecule has 4 rings (SSSR count). The molecule has 1 aromatic heterocycles. The Morgan fingerprint density at radius 2 is 2.19 bits per heavy atom. The van der Waals surface area contributed by atoms with Gasteiger partial charge in [0.2, 0.25) is 5.91 Å². The summed E-state index contributed by atoms with van der Waals surface area (Å²) in [7, 11) is 0. The van der Waals surface area contributed by atoms with Crippen molar-refractivity contribution in [1.82, 2.24) is 14.8 Å². The lowest BCUT2D eigenvalue weighted by Crippen LogP contribution is -2.52. The number of amides is 2. The van der Waals surface area contributed by atoms with Crippen molar-refractivity contribution in [1.29, 1.82) is 0 Å². The molecule has 0 bridgehead atoms. The van der Waals surface area contributed by atoms with Crippen LogP contribution in [0.3, 0.4) is 0 Å². The Bertz CT molecular complexity index is 701. The Morgan fingerprint density at radius 1 is 1.31 bits per heavy atom. The van der Waals surface area contributed by atoms with Gasteiger partial charge in [0, 0.05) is 31.9 Å². The fourth-order valence-electron chi connectivity index (χ4n) is 4.60. The number of rotatable bonds is 3. The third kappa shape index (κ3) is 3.22. The zero-order chi connectivity index (χ0) is 18.1. The Morgan fingerprint density at radius 3 is 2.96 bits per heavy atom. The second-order valence-electron chi connectivity index (χ2n) is 7.89. The number of pyridine rings is 1. The van der Waals surface area contributed by atoms with Crippen LogP contribution in [0.1, 0.15) is 43.5 Å². The molecular weight excluding hydrogens is 330 g/mol. The number of aryl methyl sites for hydroxylation is 1. The average molecular weight is 357 g/mol. The quantitative estimate of drug-likeness (QED) is 0.829. The van der Waals surface area contributed by atoms with E-state index in [1.54, 1.807) is 0 Å². The summed E-state index contributed by atoms with van der Waals surface area (Å²) >= 11 is 0. The second kappa shape index (κ2) is 6.99. The molecule has 1 spiro atoms. The summed E-state index contributed by atoms with van der Waals surface area (Å²) in [5, 5.41) is 0. The van der Waals surface area contributed by atoms with Crippen LogP contribution in [0.5, 0.6) is 0 Å². The van der Waals surface area contributed by atoms with E-state index >= 15 is 0 Å². The molecule has 2 atom stereocenters. The average Bonchev–Trinajstić information content (AvgIpc) is 3.27. The lowest BCUT2D eigenvalue weighted by Gasteiger charge is -2.39. The molecule has 1 aromatic rings. The Labute approximate surface area is 154 Å². The van der Waals surface area contributed by atoms with E-state index in [4.69, 9.17) is 4.74 Å². The van der Waals surface area contributed by atoms with Gasteiger partial charge in [-0.05, 0) is 51.2 Å². The maximum absolute atomic E-state index is 13.2. The fourth-order valence-corrected chi connectivity index (χ4v) is 4.60. The van der Waals surface area contributed by atoms with Crippen LogP contribution in [-0.4, -0.2) is 58.9 Å². The summed E-state index contributed by atoms with van der Waals surface area (Å²) in [6.45, 7) is 5.23. The zero-order valence-electron chi connectivity index (χ0n) is 15.4. The molecule has 6 heteroatoms. The molecule has 3 fully saturated rings. The molecule has 140 valence electrons. The highest BCUT2D eigenvalue weighted by molar-refractivity contribution is 5.87. The number of piperidine rings is 1. The van der Waals surface area contributed by atoms with Gasteiger partial charge in [-0.15, -0.1) is 0 Å². The predicted molar refractivity (Wildman–Crippen MR) is 96.2 cm³/mol. The molecule has 2 amide bonds. The third-order valence-corrected chi connectivity index (χ3v) is 5.99. The zero-order valence-corrected chi connectivity index (χ0v) is 15.4. The first kappa shape index (κ1) is 17.5. The molecule has 0 aromatic carbocycles. The molecule has 3 aliphatic heterocycles. The van der Waals surface area contributed by atoms with Gasteiger partial charge in [0.05, 0.1) is 17.7 Å². The van der Waals surface area contributed by atoms with Crippen molar-refractivity contribution in [3.8, 4) is 0 Å².